The van der Waals surface area contributed by atoms with Gasteiger partial charge in [-0.25, -0.2) is 0 Å². The Kier molecular flexibility index (Phi) is 5.67. The molecule has 1 saturated heterocycles. The molecule has 3 nitrogen and oxygen atoms in total. The number of hydrogen-bond donors (Lipinski definition) is 0. The first kappa shape index (κ1) is 19.7. The van der Waals surface area contributed by atoms with Gasteiger partial charge in [-0.2, -0.15) is 0 Å². The van der Waals surface area contributed by atoms with Crippen LogP contribution in [0.3, 0.4) is 0 Å². The average Bonchev–Trinajstić information content (AvgIpc) is 3.22. The fraction of sp³-hybridized carbons (Fsp3) is 0. The van der Waals surface area contributed by atoms with Crippen molar-refractivity contribution >= 4 is 85.1 Å². The highest BCUT2D eigenvalue weighted by Gasteiger charge is 2.33. The predicted molar refractivity (Wildman–Crippen MR) is 124 cm³/mol. The molecule has 1 aromatic heterocycles. The van der Waals surface area contributed by atoms with Gasteiger partial charge in [0, 0.05) is 16.1 Å². The maximum atomic E-state index is 12.9. The second-order valence-corrected chi connectivity index (χ2v) is 9.18. The first-order valence-corrected chi connectivity index (χ1v) is 10.8. The number of amides is 1. The lowest BCUT2D eigenvalue weighted by molar-refractivity contribution is -0.113. The Hall–Kier alpha value is -1.57. The minimum Gasteiger partial charge on any atom is -0.457 e. The van der Waals surface area contributed by atoms with Crippen LogP contribution in [0, 0.1) is 0 Å². The minimum absolute atomic E-state index is 0.188. The van der Waals surface area contributed by atoms with Crippen LogP contribution in [0.1, 0.15) is 5.76 Å². The van der Waals surface area contributed by atoms with Crippen LogP contribution in [0.4, 0.5) is 5.69 Å². The third-order valence-corrected chi connectivity index (χ3v) is 6.59. The Morgan fingerprint density at radius 2 is 1.89 bits per heavy atom. The van der Waals surface area contributed by atoms with E-state index in [2.05, 4.69) is 15.9 Å². The molecule has 1 aliphatic heterocycles. The molecule has 140 valence electrons. The normalized spacial score (nSPS) is 15.7. The van der Waals surface area contributed by atoms with Crippen molar-refractivity contribution in [2.45, 2.75) is 0 Å². The van der Waals surface area contributed by atoms with Crippen molar-refractivity contribution in [1.29, 1.82) is 0 Å². The van der Waals surface area contributed by atoms with Crippen LogP contribution in [-0.2, 0) is 4.79 Å². The van der Waals surface area contributed by atoms with Crippen molar-refractivity contribution in [2.24, 2.45) is 0 Å². The number of carbonyl (C=O) groups excluding carboxylic acids is 1. The third kappa shape index (κ3) is 3.80. The second kappa shape index (κ2) is 8.05. The van der Waals surface area contributed by atoms with Gasteiger partial charge in [0.25, 0.3) is 5.91 Å². The Bertz CT molecular complexity index is 1140. The van der Waals surface area contributed by atoms with Gasteiger partial charge < -0.3 is 4.42 Å². The van der Waals surface area contributed by atoms with Crippen LogP contribution < -0.4 is 4.90 Å². The molecule has 0 N–H and O–H groups in total. The maximum absolute atomic E-state index is 12.9. The number of rotatable bonds is 3. The smallest absolute Gasteiger partial charge is 0.270 e. The van der Waals surface area contributed by atoms with E-state index in [4.69, 9.17) is 39.8 Å². The van der Waals surface area contributed by atoms with Crippen molar-refractivity contribution in [1.82, 2.24) is 0 Å². The molecule has 0 atom stereocenters. The topological polar surface area (TPSA) is 33.5 Å². The summed E-state index contributed by atoms with van der Waals surface area (Å²) in [7, 11) is 0. The second-order valence-electron chi connectivity index (χ2n) is 5.80. The molecule has 0 bridgehead atoms. The van der Waals surface area contributed by atoms with Gasteiger partial charge in [-0.05, 0) is 42.5 Å². The Labute approximate surface area is 189 Å². The molecule has 0 radical (unpaired) electrons. The molecule has 1 amide bonds. The lowest BCUT2D eigenvalue weighted by Crippen LogP contribution is -2.27. The monoisotopic (exact) mass is 509 g/mol. The summed E-state index contributed by atoms with van der Waals surface area (Å²) in [6, 6.07) is 16.3. The van der Waals surface area contributed by atoms with Gasteiger partial charge in [0.15, 0.2) is 4.32 Å². The van der Waals surface area contributed by atoms with Gasteiger partial charge in [0.1, 0.15) is 11.5 Å². The van der Waals surface area contributed by atoms with E-state index in [9.17, 15) is 4.79 Å². The Morgan fingerprint density at radius 3 is 2.68 bits per heavy atom. The summed E-state index contributed by atoms with van der Waals surface area (Å²) < 4.78 is 7.20. The molecule has 0 aliphatic carbocycles. The van der Waals surface area contributed by atoms with E-state index >= 15 is 0 Å². The molecule has 28 heavy (non-hydrogen) atoms. The molecule has 8 heteroatoms. The largest absolute Gasteiger partial charge is 0.457 e. The van der Waals surface area contributed by atoms with Crippen molar-refractivity contribution in [3.8, 4) is 11.3 Å². The molecule has 2 heterocycles. The summed E-state index contributed by atoms with van der Waals surface area (Å²) in [5.41, 5.74) is 1.40. The number of carbonyl (C=O) groups is 1. The predicted octanol–water partition coefficient (Wildman–Crippen LogP) is 7.42. The van der Waals surface area contributed by atoms with E-state index in [0.29, 0.717) is 42.0 Å². The van der Waals surface area contributed by atoms with Gasteiger partial charge >= 0.3 is 0 Å². The number of furan rings is 1. The van der Waals surface area contributed by atoms with Crippen LogP contribution in [0.25, 0.3) is 17.4 Å². The number of nitrogens with zero attached hydrogens (tertiary/aromatic N) is 1. The number of halogens is 3. The molecule has 3 aromatic rings. The van der Waals surface area contributed by atoms with E-state index in [0.717, 1.165) is 4.47 Å². The third-order valence-electron chi connectivity index (χ3n) is 3.98. The minimum atomic E-state index is -0.188. The zero-order chi connectivity index (χ0) is 19.8. The summed E-state index contributed by atoms with van der Waals surface area (Å²) in [4.78, 5) is 14.9. The van der Waals surface area contributed by atoms with E-state index in [1.54, 1.807) is 30.3 Å². The van der Waals surface area contributed by atoms with E-state index < -0.39 is 0 Å². The first-order valence-electron chi connectivity index (χ1n) is 8.02. The average molecular weight is 511 g/mol. The number of anilines is 1. The summed E-state index contributed by atoms with van der Waals surface area (Å²) in [6.45, 7) is 0. The summed E-state index contributed by atoms with van der Waals surface area (Å²) in [6.07, 6.45) is 1.68. The van der Waals surface area contributed by atoms with Crippen LogP contribution in [0.5, 0.6) is 0 Å². The van der Waals surface area contributed by atoms with E-state index in [-0.39, 0.29) is 5.91 Å². The summed E-state index contributed by atoms with van der Waals surface area (Å²) >= 11 is 22.4. The molecule has 0 unspecified atom stereocenters. The number of thiocarbonyl (C=S) groups is 1. The zero-order valence-corrected chi connectivity index (χ0v) is 18.7. The van der Waals surface area contributed by atoms with Crippen LogP contribution in [0.2, 0.25) is 10.0 Å². The summed E-state index contributed by atoms with van der Waals surface area (Å²) in [5, 5.41) is 0.873. The van der Waals surface area contributed by atoms with E-state index in [1.165, 1.54) is 16.7 Å². The standard InChI is InChI=1S/C20H10BrCl2NO2S2/c21-11-3-1-4-12(9-11)24-19(25)17(28-20(24)27)10-13-7-8-16(26-13)14-5-2-6-15(22)18(14)23/h1-10H/b17-10+. The fourth-order valence-corrected chi connectivity index (χ4v) is 4.76. The molecular weight excluding hydrogens is 501 g/mol. The highest BCUT2D eigenvalue weighted by molar-refractivity contribution is 9.10. The SMILES string of the molecule is O=C1/C(=C\c2ccc(-c3cccc(Cl)c3Cl)o2)SC(=S)N1c1cccc(Br)c1. The maximum Gasteiger partial charge on any atom is 0.270 e. The molecule has 0 spiro atoms. The zero-order valence-electron chi connectivity index (χ0n) is 14.0. The van der Waals surface area contributed by atoms with Crippen LogP contribution >= 0.6 is 63.1 Å². The van der Waals surface area contributed by atoms with Gasteiger partial charge in [0.05, 0.1) is 20.6 Å². The van der Waals surface area contributed by atoms with Gasteiger partial charge in [0.2, 0.25) is 0 Å². The lowest BCUT2D eigenvalue weighted by atomic mass is 10.2. The number of benzene rings is 2. The van der Waals surface area contributed by atoms with Crippen molar-refractivity contribution < 1.29 is 9.21 Å². The highest BCUT2D eigenvalue weighted by atomic mass is 79.9. The Balaban J connectivity index is 1.64. The quantitative estimate of drug-likeness (QED) is 0.271. The fourth-order valence-electron chi connectivity index (χ4n) is 2.70. The Morgan fingerprint density at radius 1 is 1.11 bits per heavy atom. The molecule has 4 rings (SSSR count). The molecule has 0 saturated carbocycles. The number of thioether (sulfide) groups is 1. The van der Waals surface area contributed by atoms with Gasteiger partial charge in [-0.1, -0.05) is 75.2 Å². The van der Waals surface area contributed by atoms with E-state index in [1.807, 2.05) is 30.3 Å². The summed E-state index contributed by atoms with van der Waals surface area (Å²) in [5.74, 6) is 0.911. The van der Waals surface area contributed by atoms with Crippen molar-refractivity contribution in [3.63, 3.8) is 0 Å². The molecule has 1 aliphatic rings. The highest BCUT2D eigenvalue weighted by Crippen LogP contribution is 2.38. The molecule has 2 aromatic carbocycles. The number of hydrogen-bond acceptors (Lipinski definition) is 4. The lowest BCUT2D eigenvalue weighted by Gasteiger charge is -2.14. The van der Waals surface area contributed by atoms with Crippen molar-refractivity contribution in [2.75, 3.05) is 4.90 Å². The first-order chi connectivity index (χ1) is 13.4. The molecule has 1 fully saturated rings. The van der Waals surface area contributed by atoms with Crippen LogP contribution in [0.15, 0.2) is 68.4 Å². The molecular formula is C20H10BrCl2NO2S2. The van der Waals surface area contributed by atoms with Crippen molar-refractivity contribution in [3.05, 3.63) is 79.8 Å². The van der Waals surface area contributed by atoms with Crippen LogP contribution in [-0.4, -0.2) is 10.2 Å². The van der Waals surface area contributed by atoms with Gasteiger partial charge in [-0.3, -0.25) is 9.69 Å². The van der Waals surface area contributed by atoms with Gasteiger partial charge in [-0.15, -0.1) is 0 Å².